The summed E-state index contributed by atoms with van der Waals surface area (Å²) in [5, 5.41) is 9.75. The Kier molecular flexibility index (Phi) is 3.75. The van der Waals surface area contributed by atoms with Gasteiger partial charge in [0.1, 0.15) is 12.4 Å². The average Bonchev–Trinajstić information content (AvgIpc) is 2.27. The highest BCUT2D eigenvalue weighted by molar-refractivity contribution is 5.85. The molecule has 0 saturated heterocycles. The molecule has 0 aliphatic carbocycles. The average molecular weight is 216 g/mol. The van der Waals surface area contributed by atoms with Gasteiger partial charge >= 0.3 is 0 Å². The van der Waals surface area contributed by atoms with Gasteiger partial charge in [0.15, 0.2) is 0 Å². The molecule has 78 valence electrons. The Morgan fingerprint density at radius 2 is 2.07 bits per heavy atom. The molecule has 0 saturated carbocycles. The number of ether oxygens (including phenoxy) is 1. The molecule has 0 unspecified atom stereocenters. The molecular formula is C10H14ClNO2. The molecule has 0 fully saturated rings. The van der Waals surface area contributed by atoms with E-state index in [0.29, 0.717) is 13.0 Å². The van der Waals surface area contributed by atoms with Crippen molar-refractivity contribution in [3.8, 4) is 5.75 Å². The van der Waals surface area contributed by atoms with Crippen LogP contribution in [0.25, 0.3) is 0 Å². The van der Waals surface area contributed by atoms with Crippen LogP contribution in [0.1, 0.15) is 18.1 Å². The Balaban J connectivity index is 0.000000980. The lowest BCUT2D eigenvalue weighted by Gasteiger charge is -2.10. The van der Waals surface area contributed by atoms with E-state index in [1.54, 1.807) is 0 Å². The molecule has 2 rings (SSSR count). The first kappa shape index (κ1) is 11.3. The van der Waals surface area contributed by atoms with Crippen LogP contribution in [0, 0.1) is 0 Å². The van der Waals surface area contributed by atoms with Crippen LogP contribution in [-0.2, 0) is 0 Å². The van der Waals surface area contributed by atoms with Crippen molar-refractivity contribution in [2.24, 2.45) is 5.73 Å². The van der Waals surface area contributed by atoms with Crippen LogP contribution in [0.3, 0.4) is 0 Å². The second kappa shape index (κ2) is 4.64. The maximum absolute atomic E-state index is 9.75. The maximum Gasteiger partial charge on any atom is 0.125 e. The van der Waals surface area contributed by atoms with Crippen LogP contribution in [0.15, 0.2) is 24.3 Å². The Labute approximate surface area is 89.3 Å². The van der Waals surface area contributed by atoms with Gasteiger partial charge in [-0.25, -0.2) is 0 Å². The first-order valence-electron chi connectivity index (χ1n) is 4.43. The zero-order chi connectivity index (χ0) is 9.26. The lowest BCUT2D eigenvalue weighted by molar-refractivity contribution is 0.159. The van der Waals surface area contributed by atoms with Crippen molar-refractivity contribution in [3.63, 3.8) is 0 Å². The summed E-state index contributed by atoms with van der Waals surface area (Å²) >= 11 is 0. The number of hydrogen-bond acceptors (Lipinski definition) is 3. The highest BCUT2D eigenvalue weighted by Gasteiger charge is 2.20. The Morgan fingerprint density at radius 1 is 1.36 bits per heavy atom. The van der Waals surface area contributed by atoms with E-state index in [1.165, 1.54) is 0 Å². The van der Waals surface area contributed by atoms with Gasteiger partial charge in [-0.3, -0.25) is 0 Å². The molecule has 3 N–H and O–H groups in total. The molecule has 1 aromatic carbocycles. The fourth-order valence-corrected chi connectivity index (χ4v) is 1.57. The molecule has 14 heavy (non-hydrogen) atoms. The Bertz CT molecular complexity index is 306. The summed E-state index contributed by atoms with van der Waals surface area (Å²) in [6.45, 7) is 0.480. The van der Waals surface area contributed by atoms with Crippen molar-refractivity contribution in [3.05, 3.63) is 29.8 Å². The summed E-state index contributed by atoms with van der Waals surface area (Å²) in [5.74, 6) is 0.753. The summed E-state index contributed by atoms with van der Waals surface area (Å²) < 4.78 is 5.45. The second-order valence-corrected chi connectivity index (χ2v) is 3.36. The molecular weight excluding hydrogens is 202 g/mol. The number of para-hydroxylation sites is 1. The molecule has 4 heteroatoms. The van der Waals surface area contributed by atoms with E-state index in [9.17, 15) is 5.11 Å². The van der Waals surface area contributed by atoms with Gasteiger partial charge in [-0.15, -0.1) is 12.4 Å². The van der Waals surface area contributed by atoms with Crippen LogP contribution in [0.5, 0.6) is 5.75 Å². The Hall–Kier alpha value is -0.770. The standard InChI is InChI=1S/C10H13NO2.ClH/c11-7-5-9(12)8-3-1-2-4-10(8)13-6-7;/h1-4,7,9,12H,5-6,11H2;1H/t7-,9-;/m0./s1. The van der Waals surface area contributed by atoms with Crippen molar-refractivity contribution in [2.45, 2.75) is 18.6 Å². The van der Waals surface area contributed by atoms with Crippen LogP contribution in [-0.4, -0.2) is 17.8 Å². The van der Waals surface area contributed by atoms with E-state index in [0.717, 1.165) is 11.3 Å². The minimum Gasteiger partial charge on any atom is -0.492 e. The summed E-state index contributed by atoms with van der Waals surface area (Å²) in [4.78, 5) is 0. The van der Waals surface area contributed by atoms with Gasteiger partial charge in [0.25, 0.3) is 0 Å². The molecule has 2 atom stereocenters. The molecule has 1 heterocycles. The highest BCUT2D eigenvalue weighted by atomic mass is 35.5. The number of aliphatic hydroxyl groups excluding tert-OH is 1. The van der Waals surface area contributed by atoms with Gasteiger partial charge < -0.3 is 15.6 Å². The number of benzene rings is 1. The first-order valence-corrected chi connectivity index (χ1v) is 4.43. The molecule has 0 spiro atoms. The van der Waals surface area contributed by atoms with Crippen LogP contribution < -0.4 is 10.5 Å². The summed E-state index contributed by atoms with van der Waals surface area (Å²) in [6, 6.07) is 7.43. The predicted molar refractivity (Wildman–Crippen MR) is 56.7 cm³/mol. The molecule has 0 radical (unpaired) electrons. The van der Waals surface area contributed by atoms with Crippen molar-refractivity contribution < 1.29 is 9.84 Å². The van der Waals surface area contributed by atoms with Crippen molar-refractivity contribution in [1.29, 1.82) is 0 Å². The minimum absolute atomic E-state index is 0. The van der Waals surface area contributed by atoms with E-state index in [2.05, 4.69) is 0 Å². The quantitative estimate of drug-likeness (QED) is 0.685. The lowest BCUT2D eigenvalue weighted by Crippen LogP contribution is -2.27. The van der Waals surface area contributed by atoms with Gasteiger partial charge in [-0.2, -0.15) is 0 Å². The van der Waals surface area contributed by atoms with Gasteiger partial charge in [-0.05, 0) is 12.5 Å². The second-order valence-electron chi connectivity index (χ2n) is 3.36. The summed E-state index contributed by atoms with van der Waals surface area (Å²) in [6.07, 6.45) is 0.0745. The number of nitrogens with two attached hydrogens (primary N) is 1. The van der Waals surface area contributed by atoms with Crippen LogP contribution in [0.2, 0.25) is 0 Å². The predicted octanol–water partition coefficient (Wildman–Crippen LogP) is 1.25. The number of fused-ring (bicyclic) bond motifs is 1. The van der Waals surface area contributed by atoms with Gasteiger partial charge in [-0.1, -0.05) is 18.2 Å². The molecule has 0 aromatic heterocycles. The minimum atomic E-state index is -0.492. The number of hydrogen-bond donors (Lipinski definition) is 2. The maximum atomic E-state index is 9.75. The monoisotopic (exact) mass is 215 g/mol. The smallest absolute Gasteiger partial charge is 0.125 e. The lowest BCUT2D eigenvalue weighted by atomic mass is 10.0. The fourth-order valence-electron chi connectivity index (χ4n) is 1.57. The molecule has 1 aliphatic heterocycles. The van der Waals surface area contributed by atoms with Crippen LogP contribution in [0.4, 0.5) is 0 Å². The molecule has 1 aliphatic rings. The van der Waals surface area contributed by atoms with Crippen LogP contribution >= 0.6 is 12.4 Å². The van der Waals surface area contributed by atoms with E-state index < -0.39 is 6.10 Å². The number of aliphatic hydroxyl groups is 1. The molecule has 0 bridgehead atoms. The summed E-state index contributed by atoms with van der Waals surface area (Å²) in [5.41, 5.74) is 6.56. The summed E-state index contributed by atoms with van der Waals surface area (Å²) in [7, 11) is 0. The third-order valence-electron chi connectivity index (χ3n) is 2.26. The Morgan fingerprint density at radius 3 is 2.86 bits per heavy atom. The van der Waals surface area contributed by atoms with E-state index >= 15 is 0 Å². The van der Waals surface area contributed by atoms with Crippen molar-refractivity contribution in [1.82, 2.24) is 0 Å². The van der Waals surface area contributed by atoms with E-state index in [4.69, 9.17) is 10.5 Å². The third kappa shape index (κ3) is 2.18. The highest BCUT2D eigenvalue weighted by Crippen LogP contribution is 2.30. The van der Waals surface area contributed by atoms with Crippen molar-refractivity contribution in [2.75, 3.05) is 6.61 Å². The zero-order valence-electron chi connectivity index (χ0n) is 7.72. The molecule has 3 nitrogen and oxygen atoms in total. The SMILES string of the molecule is Cl.N[C@@H]1COc2ccccc2[C@@H](O)C1. The zero-order valence-corrected chi connectivity index (χ0v) is 8.54. The normalized spacial score (nSPS) is 25.3. The van der Waals surface area contributed by atoms with E-state index in [-0.39, 0.29) is 18.4 Å². The topological polar surface area (TPSA) is 55.5 Å². The largest absolute Gasteiger partial charge is 0.492 e. The fraction of sp³-hybridized carbons (Fsp3) is 0.400. The first-order chi connectivity index (χ1) is 6.27. The van der Waals surface area contributed by atoms with Gasteiger partial charge in [0, 0.05) is 11.6 Å². The number of rotatable bonds is 0. The molecule has 1 aromatic rings. The number of halogens is 1. The third-order valence-corrected chi connectivity index (χ3v) is 2.26. The van der Waals surface area contributed by atoms with Crippen molar-refractivity contribution >= 4 is 12.4 Å². The molecule has 0 amide bonds. The van der Waals surface area contributed by atoms with E-state index in [1.807, 2.05) is 24.3 Å². The van der Waals surface area contributed by atoms with Gasteiger partial charge in [0.2, 0.25) is 0 Å². The van der Waals surface area contributed by atoms with Gasteiger partial charge in [0.05, 0.1) is 6.10 Å².